The fourth-order valence-electron chi connectivity index (χ4n) is 1.37. The zero-order valence-corrected chi connectivity index (χ0v) is 9.52. The van der Waals surface area contributed by atoms with Crippen LogP contribution in [0.3, 0.4) is 0 Å². The van der Waals surface area contributed by atoms with E-state index in [1.807, 2.05) is 0 Å². The molecule has 0 aliphatic carbocycles. The van der Waals surface area contributed by atoms with Crippen LogP contribution in [0.25, 0.3) is 0 Å². The summed E-state index contributed by atoms with van der Waals surface area (Å²) < 4.78 is 21.1. The molecule has 0 unspecified atom stereocenters. The Bertz CT molecular complexity index is 198. The molecule has 0 aromatic rings. The van der Waals surface area contributed by atoms with E-state index in [0.29, 0.717) is 6.61 Å². The number of hydrogen-bond acceptors (Lipinski definition) is 3. The largest absolute Gasteiger partial charge is 0.424 e. The molecule has 1 aliphatic heterocycles. The Morgan fingerprint density at radius 2 is 2.31 bits per heavy atom. The summed E-state index contributed by atoms with van der Waals surface area (Å²) in [6, 6.07) is 0. The highest BCUT2D eigenvalue weighted by Crippen LogP contribution is 2.57. The molecule has 3 nitrogen and oxygen atoms in total. The van der Waals surface area contributed by atoms with Crippen molar-refractivity contribution in [3.8, 4) is 0 Å². The van der Waals surface area contributed by atoms with Gasteiger partial charge in [-0.2, -0.15) is 0 Å². The van der Waals surface area contributed by atoms with Crippen molar-refractivity contribution in [3.63, 3.8) is 0 Å². The molecule has 0 bridgehead atoms. The fraction of sp³-hybridized carbons (Fsp3) is 1.00. The zero-order chi connectivity index (χ0) is 9.73. The summed E-state index contributed by atoms with van der Waals surface area (Å²) in [6.45, 7) is -0.613. The summed E-state index contributed by atoms with van der Waals surface area (Å²) in [5.41, 5.74) is 0. The van der Waals surface area contributed by atoms with Gasteiger partial charge in [0.1, 0.15) is 0 Å². The van der Waals surface area contributed by atoms with Crippen LogP contribution in [0.15, 0.2) is 0 Å². The van der Waals surface area contributed by atoms with Gasteiger partial charge in [-0.15, -0.1) is 0 Å². The Morgan fingerprint density at radius 1 is 1.54 bits per heavy atom. The van der Waals surface area contributed by atoms with Gasteiger partial charge in [-0.05, 0) is 12.8 Å². The molecular weight excluding hydrogens is 211 g/mol. The maximum absolute atomic E-state index is 11.2. The van der Waals surface area contributed by atoms with Gasteiger partial charge in [-0.3, -0.25) is 9.05 Å². The molecule has 13 heavy (non-hydrogen) atoms. The van der Waals surface area contributed by atoms with Gasteiger partial charge >= 0.3 is 6.95 Å². The van der Waals surface area contributed by atoms with E-state index in [2.05, 4.69) is 6.92 Å². The first-order chi connectivity index (χ1) is 6.14. The van der Waals surface area contributed by atoms with Crippen molar-refractivity contribution in [2.45, 2.75) is 45.1 Å². The fourth-order valence-corrected chi connectivity index (χ4v) is 2.87. The molecular formula is C8H16ClO3P. The zero-order valence-electron chi connectivity index (χ0n) is 7.87. The summed E-state index contributed by atoms with van der Waals surface area (Å²) >= 11 is 5.49. The maximum Gasteiger partial charge on any atom is 0.424 e. The van der Waals surface area contributed by atoms with Gasteiger partial charge < -0.3 is 0 Å². The molecule has 0 spiro atoms. The minimum Gasteiger partial charge on any atom is -0.297 e. The molecule has 0 aromatic heterocycles. The number of halogens is 1. The Labute approximate surface area is 84.1 Å². The predicted molar refractivity (Wildman–Crippen MR) is 53.0 cm³/mol. The van der Waals surface area contributed by atoms with E-state index in [0.717, 1.165) is 19.3 Å². The van der Waals surface area contributed by atoms with E-state index in [1.54, 1.807) is 0 Å². The SMILES string of the molecule is CCCCC[C@@H]1CCO[P@@](=O)(Cl)O1. The van der Waals surface area contributed by atoms with E-state index >= 15 is 0 Å². The number of rotatable bonds is 4. The first-order valence-electron chi connectivity index (χ1n) is 4.76. The second-order valence-corrected chi connectivity index (χ2v) is 5.85. The summed E-state index contributed by atoms with van der Waals surface area (Å²) in [4.78, 5) is 0. The lowest BCUT2D eigenvalue weighted by Crippen LogP contribution is -2.18. The molecule has 5 heteroatoms. The first kappa shape index (κ1) is 11.5. The van der Waals surface area contributed by atoms with Crippen LogP contribution in [0.1, 0.15) is 39.0 Å². The molecule has 1 heterocycles. The van der Waals surface area contributed by atoms with Crippen molar-refractivity contribution in [1.82, 2.24) is 0 Å². The Kier molecular flexibility index (Phi) is 4.74. The molecule has 1 saturated heterocycles. The van der Waals surface area contributed by atoms with Crippen molar-refractivity contribution in [2.24, 2.45) is 0 Å². The van der Waals surface area contributed by atoms with Crippen LogP contribution in [0.5, 0.6) is 0 Å². The van der Waals surface area contributed by atoms with Crippen molar-refractivity contribution >= 4 is 18.2 Å². The molecule has 0 radical (unpaired) electrons. The molecule has 0 aromatic carbocycles. The van der Waals surface area contributed by atoms with Gasteiger partial charge in [0, 0.05) is 11.2 Å². The highest BCUT2D eigenvalue weighted by atomic mass is 35.7. The molecule has 0 N–H and O–H groups in total. The Hall–Kier alpha value is 0.440. The second-order valence-electron chi connectivity index (χ2n) is 3.28. The number of hydrogen-bond donors (Lipinski definition) is 0. The minimum atomic E-state index is -3.22. The van der Waals surface area contributed by atoms with Gasteiger partial charge in [0.05, 0.1) is 12.7 Å². The van der Waals surface area contributed by atoms with Gasteiger partial charge in [-0.25, -0.2) is 4.57 Å². The predicted octanol–water partition coefficient (Wildman–Crippen LogP) is 3.72. The normalized spacial score (nSPS) is 34.8. The molecule has 1 aliphatic rings. The van der Waals surface area contributed by atoms with Crippen LogP contribution in [-0.2, 0) is 13.6 Å². The monoisotopic (exact) mass is 226 g/mol. The quantitative estimate of drug-likeness (QED) is 0.541. The lowest BCUT2D eigenvalue weighted by Gasteiger charge is -2.25. The van der Waals surface area contributed by atoms with Crippen molar-refractivity contribution in [1.29, 1.82) is 0 Å². The van der Waals surface area contributed by atoms with Crippen LogP contribution < -0.4 is 0 Å². The van der Waals surface area contributed by atoms with Crippen LogP contribution in [0.4, 0.5) is 0 Å². The third-order valence-corrected chi connectivity index (χ3v) is 3.66. The Morgan fingerprint density at radius 3 is 2.92 bits per heavy atom. The van der Waals surface area contributed by atoms with E-state index in [1.165, 1.54) is 12.8 Å². The molecule has 0 amide bonds. The van der Waals surface area contributed by atoms with Crippen LogP contribution >= 0.6 is 18.2 Å². The highest BCUT2D eigenvalue weighted by molar-refractivity contribution is 7.81. The minimum absolute atomic E-state index is 0.0311. The van der Waals surface area contributed by atoms with E-state index in [9.17, 15) is 4.57 Å². The van der Waals surface area contributed by atoms with Crippen LogP contribution in [-0.4, -0.2) is 12.7 Å². The third kappa shape index (κ3) is 4.46. The molecule has 1 rings (SSSR count). The summed E-state index contributed by atoms with van der Waals surface area (Å²) in [5.74, 6) is 0. The lowest BCUT2D eigenvalue weighted by atomic mass is 10.1. The molecule has 0 saturated carbocycles. The molecule has 1 fully saturated rings. The lowest BCUT2D eigenvalue weighted by molar-refractivity contribution is 0.0839. The molecule has 78 valence electrons. The van der Waals surface area contributed by atoms with Crippen molar-refractivity contribution in [2.75, 3.05) is 6.61 Å². The van der Waals surface area contributed by atoms with Gasteiger partial charge in [-0.1, -0.05) is 26.2 Å². The van der Waals surface area contributed by atoms with Crippen molar-refractivity contribution in [3.05, 3.63) is 0 Å². The Balaban J connectivity index is 2.23. The summed E-state index contributed by atoms with van der Waals surface area (Å²) in [6.07, 6.45) is 5.25. The standard InChI is InChI=1S/C8H16ClO3P/c1-2-3-4-5-8-6-7-11-13(9,10)12-8/h8H,2-7H2,1H3/t8-,13+/m1/s1. The summed E-state index contributed by atoms with van der Waals surface area (Å²) in [7, 11) is 0. The second kappa shape index (κ2) is 5.35. The van der Waals surface area contributed by atoms with Gasteiger partial charge in [0.25, 0.3) is 0 Å². The van der Waals surface area contributed by atoms with E-state index in [4.69, 9.17) is 20.3 Å². The smallest absolute Gasteiger partial charge is 0.297 e. The van der Waals surface area contributed by atoms with E-state index < -0.39 is 6.95 Å². The van der Waals surface area contributed by atoms with E-state index in [-0.39, 0.29) is 6.10 Å². The van der Waals surface area contributed by atoms with Gasteiger partial charge in [0.2, 0.25) is 0 Å². The first-order valence-corrected chi connectivity index (χ1v) is 7.21. The molecule has 2 atom stereocenters. The third-order valence-electron chi connectivity index (χ3n) is 2.09. The average Bonchev–Trinajstić information content (AvgIpc) is 2.03. The van der Waals surface area contributed by atoms with Gasteiger partial charge in [0.15, 0.2) is 0 Å². The van der Waals surface area contributed by atoms with Crippen molar-refractivity contribution < 1.29 is 13.6 Å². The van der Waals surface area contributed by atoms with Crippen LogP contribution in [0, 0.1) is 0 Å². The van der Waals surface area contributed by atoms with Crippen LogP contribution in [0.2, 0.25) is 0 Å². The highest BCUT2D eigenvalue weighted by Gasteiger charge is 2.30. The average molecular weight is 227 g/mol. The summed E-state index contributed by atoms with van der Waals surface area (Å²) in [5, 5.41) is 0. The topological polar surface area (TPSA) is 35.5 Å². The number of unbranched alkanes of at least 4 members (excludes halogenated alkanes) is 2. The maximum atomic E-state index is 11.2.